The van der Waals surface area contributed by atoms with Gasteiger partial charge in [0.25, 0.3) is 0 Å². The lowest BCUT2D eigenvalue weighted by atomic mass is 10.2. The van der Waals surface area contributed by atoms with E-state index in [2.05, 4.69) is 5.32 Å². The van der Waals surface area contributed by atoms with Crippen molar-refractivity contribution in [2.45, 2.75) is 32.0 Å². The Morgan fingerprint density at radius 3 is 2.37 bits per heavy atom. The standard InChI is InChI=1S/C28H32FN3O6/c1-35-25-13-22(14-26(15-25)36-2)30-28(34)32(18-24-6-4-12-38-24)19-27(33)31(17-23-5-3-11-37-23)16-20-7-9-21(29)10-8-20/h3,5,7-11,13-15,24H,4,6,12,16-19H2,1-2H3,(H,30,34). The van der Waals surface area contributed by atoms with Gasteiger partial charge in [0.2, 0.25) is 5.91 Å². The maximum atomic E-state index is 13.6. The van der Waals surface area contributed by atoms with E-state index in [1.807, 2.05) is 0 Å². The van der Waals surface area contributed by atoms with Crippen molar-refractivity contribution in [3.05, 3.63) is 78.0 Å². The van der Waals surface area contributed by atoms with Gasteiger partial charge in [0.15, 0.2) is 0 Å². The molecule has 1 N–H and O–H groups in total. The molecule has 2 heterocycles. The molecule has 1 saturated heterocycles. The van der Waals surface area contributed by atoms with Crippen LogP contribution in [0, 0.1) is 5.82 Å². The van der Waals surface area contributed by atoms with Crippen molar-refractivity contribution in [3.63, 3.8) is 0 Å². The van der Waals surface area contributed by atoms with E-state index in [1.54, 1.807) is 47.4 Å². The number of nitrogens with zero attached hydrogens (tertiary/aromatic N) is 2. The maximum Gasteiger partial charge on any atom is 0.322 e. The van der Waals surface area contributed by atoms with Crippen molar-refractivity contribution >= 4 is 17.6 Å². The van der Waals surface area contributed by atoms with Crippen molar-refractivity contribution < 1.29 is 32.6 Å². The van der Waals surface area contributed by atoms with Crippen molar-refractivity contribution in [3.8, 4) is 11.5 Å². The third kappa shape index (κ3) is 7.48. The Kier molecular flexibility index (Phi) is 9.21. The molecule has 3 aromatic rings. The van der Waals surface area contributed by atoms with Gasteiger partial charge in [-0.2, -0.15) is 0 Å². The van der Waals surface area contributed by atoms with Gasteiger partial charge < -0.3 is 33.7 Å². The largest absolute Gasteiger partial charge is 0.497 e. The second-order valence-corrected chi connectivity index (χ2v) is 9.00. The minimum absolute atomic E-state index is 0.163. The van der Waals surface area contributed by atoms with Crippen LogP contribution in [0.25, 0.3) is 0 Å². The van der Waals surface area contributed by atoms with Gasteiger partial charge >= 0.3 is 6.03 Å². The lowest BCUT2D eigenvalue weighted by molar-refractivity contribution is -0.133. The zero-order valence-electron chi connectivity index (χ0n) is 21.5. The second kappa shape index (κ2) is 13.0. The number of benzene rings is 2. The number of ether oxygens (including phenoxy) is 3. The summed E-state index contributed by atoms with van der Waals surface area (Å²) >= 11 is 0. The first kappa shape index (κ1) is 27.0. The van der Waals surface area contributed by atoms with Gasteiger partial charge in [0.1, 0.15) is 29.6 Å². The Hall–Kier alpha value is -4.05. The van der Waals surface area contributed by atoms with E-state index in [9.17, 15) is 14.0 Å². The first-order valence-electron chi connectivity index (χ1n) is 12.4. The smallest absolute Gasteiger partial charge is 0.322 e. The van der Waals surface area contributed by atoms with E-state index in [0.717, 1.165) is 18.4 Å². The number of urea groups is 1. The zero-order chi connectivity index (χ0) is 26.9. The maximum absolute atomic E-state index is 13.6. The summed E-state index contributed by atoms with van der Waals surface area (Å²) in [5.41, 5.74) is 1.22. The molecule has 0 saturated carbocycles. The molecule has 0 aliphatic carbocycles. The number of halogens is 1. The number of carbonyl (C=O) groups excluding carboxylic acids is 2. The summed E-state index contributed by atoms with van der Waals surface area (Å²) in [7, 11) is 3.05. The fraction of sp³-hybridized carbons (Fsp3) is 0.357. The molecule has 4 rings (SSSR count). The molecular formula is C28H32FN3O6. The summed E-state index contributed by atoms with van der Waals surface area (Å²) in [6, 6.07) is 14.1. The number of nitrogens with one attached hydrogen (secondary N) is 1. The Bertz CT molecular complexity index is 1170. The van der Waals surface area contributed by atoms with Crippen molar-refractivity contribution in [1.29, 1.82) is 0 Å². The average Bonchev–Trinajstić information content (AvgIpc) is 3.63. The van der Waals surface area contributed by atoms with Crippen LogP contribution in [0.3, 0.4) is 0 Å². The van der Waals surface area contributed by atoms with Crippen LogP contribution in [-0.2, 0) is 22.6 Å². The predicted octanol–water partition coefficient (Wildman–Crippen LogP) is 4.68. The lowest BCUT2D eigenvalue weighted by Gasteiger charge is -2.29. The van der Waals surface area contributed by atoms with E-state index in [-0.39, 0.29) is 44.0 Å². The molecule has 1 aliphatic rings. The molecule has 1 atom stereocenters. The van der Waals surface area contributed by atoms with E-state index in [0.29, 0.717) is 29.6 Å². The van der Waals surface area contributed by atoms with Gasteiger partial charge in [-0.1, -0.05) is 12.1 Å². The number of hydrogen-bond acceptors (Lipinski definition) is 6. The summed E-state index contributed by atoms with van der Waals surface area (Å²) in [5, 5.41) is 2.85. The summed E-state index contributed by atoms with van der Waals surface area (Å²) in [6.07, 6.45) is 3.08. The normalized spacial score (nSPS) is 14.7. The highest BCUT2D eigenvalue weighted by Gasteiger charge is 2.27. The van der Waals surface area contributed by atoms with Gasteiger partial charge in [0.05, 0.1) is 33.1 Å². The van der Waals surface area contributed by atoms with Crippen LogP contribution in [-0.4, -0.2) is 61.8 Å². The Labute approximate surface area is 221 Å². The SMILES string of the molecule is COc1cc(NC(=O)N(CC(=O)N(Cc2ccc(F)cc2)Cc2ccco2)CC2CCCO2)cc(OC)c1. The van der Waals surface area contributed by atoms with Crippen LogP contribution in [0.1, 0.15) is 24.2 Å². The molecule has 2 aromatic carbocycles. The van der Waals surface area contributed by atoms with Crippen LogP contribution in [0.15, 0.2) is 65.3 Å². The molecule has 0 spiro atoms. The summed E-state index contributed by atoms with van der Waals surface area (Å²) in [6.45, 7) is 1.11. The fourth-order valence-electron chi connectivity index (χ4n) is 4.23. The molecule has 1 aromatic heterocycles. The molecule has 1 unspecified atom stereocenters. The Morgan fingerprint density at radius 1 is 1.03 bits per heavy atom. The van der Waals surface area contributed by atoms with Gasteiger partial charge in [-0.05, 0) is 42.7 Å². The van der Waals surface area contributed by atoms with Gasteiger partial charge in [0, 0.05) is 43.6 Å². The van der Waals surface area contributed by atoms with Crippen molar-refractivity contribution in [1.82, 2.24) is 9.80 Å². The highest BCUT2D eigenvalue weighted by molar-refractivity contribution is 5.92. The van der Waals surface area contributed by atoms with E-state index < -0.39 is 6.03 Å². The van der Waals surface area contributed by atoms with Gasteiger partial charge in [-0.25, -0.2) is 9.18 Å². The van der Waals surface area contributed by atoms with Gasteiger partial charge in [-0.3, -0.25) is 4.79 Å². The number of methoxy groups -OCH3 is 2. The lowest BCUT2D eigenvalue weighted by Crippen LogP contribution is -2.46. The van der Waals surface area contributed by atoms with Crippen molar-refractivity contribution in [2.75, 3.05) is 39.2 Å². The number of hydrogen-bond donors (Lipinski definition) is 1. The number of rotatable bonds is 11. The topological polar surface area (TPSA) is 93.5 Å². The van der Waals surface area contributed by atoms with Crippen LogP contribution in [0.4, 0.5) is 14.9 Å². The van der Waals surface area contributed by atoms with Crippen LogP contribution < -0.4 is 14.8 Å². The van der Waals surface area contributed by atoms with Crippen molar-refractivity contribution in [2.24, 2.45) is 0 Å². The summed E-state index contributed by atoms with van der Waals surface area (Å²) in [4.78, 5) is 30.0. The molecule has 1 fully saturated rings. The number of carbonyl (C=O) groups is 2. The first-order valence-corrected chi connectivity index (χ1v) is 12.4. The molecule has 9 nitrogen and oxygen atoms in total. The van der Waals surface area contributed by atoms with E-state index in [4.69, 9.17) is 18.6 Å². The molecule has 3 amide bonds. The zero-order valence-corrected chi connectivity index (χ0v) is 21.5. The average molecular weight is 526 g/mol. The predicted molar refractivity (Wildman–Crippen MR) is 138 cm³/mol. The minimum Gasteiger partial charge on any atom is -0.497 e. The first-order chi connectivity index (χ1) is 18.4. The third-order valence-electron chi connectivity index (χ3n) is 6.23. The molecule has 38 heavy (non-hydrogen) atoms. The summed E-state index contributed by atoms with van der Waals surface area (Å²) < 4.78 is 35.3. The van der Waals surface area contributed by atoms with Crippen LogP contribution in [0.2, 0.25) is 0 Å². The third-order valence-corrected chi connectivity index (χ3v) is 6.23. The highest BCUT2D eigenvalue weighted by Crippen LogP contribution is 2.26. The summed E-state index contributed by atoms with van der Waals surface area (Å²) in [5.74, 6) is 0.989. The molecule has 10 heteroatoms. The Balaban J connectivity index is 1.53. The van der Waals surface area contributed by atoms with E-state index >= 15 is 0 Å². The molecule has 1 aliphatic heterocycles. The van der Waals surface area contributed by atoms with Crippen LogP contribution in [0.5, 0.6) is 11.5 Å². The Morgan fingerprint density at radius 2 is 1.76 bits per heavy atom. The molecular weight excluding hydrogens is 493 g/mol. The molecule has 202 valence electrons. The minimum atomic E-state index is -0.455. The molecule has 0 radical (unpaired) electrons. The highest BCUT2D eigenvalue weighted by atomic mass is 19.1. The quantitative estimate of drug-likeness (QED) is 0.391. The van der Waals surface area contributed by atoms with Crippen LogP contribution >= 0.6 is 0 Å². The monoisotopic (exact) mass is 525 g/mol. The molecule has 0 bridgehead atoms. The fourth-order valence-corrected chi connectivity index (χ4v) is 4.23. The van der Waals surface area contributed by atoms with E-state index in [1.165, 1.54) is 37.5 Å². The van der Waals surface area contributed by atoms with Gasteiger partial charge in [-0.15, -0.1) is 0 Å². The number of amides is 3. The number of furan rings is 1. The number of anilines is 1. The second-order valence-electron chi connectivity index (χ2n) is 9.00.